The molecule has 4 aromatic rings. The van der Waals surface area contributed by atoms with Crippen molar-refractivity contribution in [3.63, 3.8) is 0 Å². The Morgan fingerprint density at radius 3 is 2.49 bits per heavy atom. The van der Waals surface area contributed by atoms with Crippen molar-refractivity contribution in [1.82, 2.24) is 9.88 Å². The number of amides is 1. The highest BCUT2D eigenvalue weighted by atomic mass is 19.1. The fraction of sp³-hybridized carbons (Fsp3) is 0.241. The minimum atomic E-state index is -0.570. The fourth-order valence-corrected chi connectivity index (χ4v) is 4.61. The first kappa shape index (κ1) is 23.0. The maximum Gasteiger partial charge on any atom is 0.258 e. The Balaban J connectivity index is 1.34. The van der Waals surface area contributed by atoms with Crippen LogP contribution < -0.4 is 10.1 Å². The number of carbonyl (C=O) groups is 1. The van der Waals surface area contributed by atoms with Crippen LogP contribution in [0.2, 0.25) is 0 Å². The number of nitrogens with zero attached hydrogens (tertiary/aromatic N) is 2. The first-order chi connectivity index (χ1) is 17.0. The molecular weight excluding hydrogens is 441 g/mol. The van der Waals surface area contributed by atoms with E-state index in [9.17, 15) is 9.18 Å². The molecule has 0 bridgehead atoms. The molecule has 1 aliphatic heterocycles. The number of fused-ring (bicyclic) bond motifs is 1. The highest BCUT2D eigenvalue weighted by Crippen LogP contribution is 2.27. The topological polar surface area (TPSA) is 54.5 Å². The smallest absolute Gasteiger partial charge is 0.258 e. The lowest BCUT2D eigenvalue weighted by atomic mass is 10.0. The third-order valence-corrected chi connectivity index (χ3v) is 6.57. The second-order valence-corrected chi connectivity index (χ2v) is 9.06. The van der Waals surface area contributed by atoms with Gasteiger partial charge in [-0.1, -0.05) is 18.2 Å². The minimum Gasteiger partial charge on any atom is -0.497 e. The number of benzene rings is 3. The van der Waals surface area contributed by atoms with E-state index in [-0.39, 0.29) is 5.56 Å². The Morgan fingerprint density at radius 1 is 1.03 bits per heavy atom. The molecule has 0 radical (unpaired) electrons. The van der Waals surface area contributed by atoms with Crippen molar-refractivity contribution < 1.29 is 13.9 Å². The van der Waals surface area contributed by atoms with Crippen LogP contribution in [-0.2, 0) is 6.54 Å². The number of hydrogen-bond donors (Lipinski definition) is 1. The number of aryl methyl sites for hydroxylation is 1. The summed E-state index contributed by atoms with van der Waals surface area (Å²) in [4.78, 5) is 20.0. The lowest BCUT2D eigenvalue weighted by Crippen LogP contribution is -2.18. The summed E-state index contributed by atoms with van der Waals surface area (Å²) in [7, 11) is 1.60. The highest BCUT2D eigenvalue weighted by molar-refractivity contribution is 6.06. The van der Waals surface area contributed by atoms with Gasteiger partial charge in [0.2, 0.25) is 0 Å². The maximum absolute atomic E-state index is 14.9. The van der Waals surface area contributed by atoms with E-state index >= 15 is 0 Å². The molecular formula is C29H28FN3O2. The maximum atomic E-state index is 14.9. The standard InChI is InChI=1S/C29H28FN3O2/c1-19-13-23-14-20(18-33-11-3-4-12-33)17-31-28(23)16-27(19)32-29(34)25-10-7-22(15-26(25)30)21-5-8-24(35-2)9-6-21/h5-10,13-17H,3-4,11-12,18H2,1-2H3,(H,32,34). The average Bonchev–Trinajstić information content (AvgIpc) is 3.37. The molecule has 0 spiro atoms. The Morgan fingerprint density at radius 2 is 1.77 bits per heavy atom. The van der Waals surface area contributed by atoms with Crippen LogP contribution in [0.4, 0.5) is 10.1 Å². The molecule has 0 saturated carbocycles. The molecule has 1 amide bonds. The number of likely N-dealkylation sites (tertiary alicyclic amines) is 1. The van der Waals surface area contributed by atoms with Crippen LogP contribution in [0.15, 0.2) is 66.9 Å². The summed E-state index contributed by atoms with van der Waals surface area (Å²) in [5, 5.41) is 3.90. The molecule has 1 N–H and O–H groups in total. The van der Waals surface area contributed by atoms with Gasteiger partial charge in [-0.05, 0) is 97.6 Å². The van der Waals surface area contributed by atoms with E-state index in [1.54, 1.807) is 13.2 Å². The van der Waals surface area contributed by atoms with Gasteiger partial charge in [0.25, 0.3) is 5.91 Å². The molecule has 178 valence electrons. The quantitative estimate of drug-likeness (QED) is 0.365. The molecule has 1 aromatic heterocycles. The van der Waals surface area contributed by atoms with Crippen LogP contribution in [0, 0.1) is 12.7 Å². The van der Waals surface area contributed by atoms with Gasteiger partial charge in [0.05, 0.1) is 18.2 Å². The van der Waals surface area contributed by atoms with Gasteiger partial charge >= 0.3 is 0 Å². The van der Waals surface area contributed by atoms with Crippen LogP contribution >= 0.6 is 0 Å². The summed E-state index contributed by atoms with van der Waals surface area (Å²) in [5.74, 6) is -0.330. The van der Waals surface area contributed by atoms with Gasteiger partial charge in [-0.2, -0.15) is 0 Å². The fourth-order valence-electron chi connectivity index (χ4n) is 4.61. The molecule has 35 heavy (non-hydrogen) atoms. The van der Waals surface area contributed by atoms with E-state index in [4.69, 9.17) is 4.74 Å². The van der Waals surface area contributed by atoms with Crippen LogP contribution in [0.1, 0.15) is 34.3 Å². The third kappa shape index (κ3) is 5.03. The van der Waals surface area contributed by atoms with Crippen LogP contribution in [0.5, 0.6) is 5.75 Å². The largest absolute Gasteiger partial charge is 0.497 e. The van der Waals surface area contributed by atoms with Gasteiger partial charge in [0.15, 0.2) is 0 Å². The van der Waals surface area contributed by atoms with Gasteiger partial charge in [-0.3, -0.25) is 14.7 Å². The predicted octanol–water partition coefficient (Wildman–Crippen LogP) is 6.21. The summed E-state index contributed by atoms with van der Waals surface area (Å²) in [6.07, 6.45) is 4.42. The number of anilines is 1. The zero-order valence-electron chi connectivity index (χ0n) is 20.0. The molecule has 1 fully saturated rings. The number of ether oxygens (including phenoxy) is 1. The second-order valence-electron chi connectivity index (χ2n) is 9.06. The van der Waals surface area contributed by atoms with Gasteiger partial charge in [0.1, 0.15) is 11.6 Å². The number of halogens is 1. The van der Waals surface area contributed by atoms with Crippen LogP contribution in [0.25, 0.3) is 22.0 Å². The SMILES string of the molecule is COc1ccc(-c2ccc(C(=O)Nc3cc4ncc(CN5CCCC5)cc4cc3C)c(F)c2)cc1. The molecule has 1 aliphatic rings. The van der Waals surface area contributed by atoms with Crippen molar-refractivity contribution in [1.29, 1.82) is 0 Å². The van der Waals surface area contributed by atoms with Crippen molar-refractivity contribution in [2.24, 2.45) is 0 Å². The van der Waals surface area contributed by atoms with Crippen molar-refractivity contribution >= 4 is 22.5 Å². The molecule has 0 unspecified atom stereocenters. The number of pyridine rings is 1. The van der Waals surface area contributed by atoms with Gasteiger partial charge in [-0.25, -0.2) is 4.39 Å². The van der Waals surface area contributed by atoms with E-state index in [0.717, 1.165) is 47.4 Å². The Bertz CT molecular complexity index is 1380. The number of nitrogens with one attached hydrogen (secondary N) is 1. The molecule has 2 heterocycles. The van der Waals surface area contributed by atoms with Crippen molar-refractivity contribution in [2.75, 3.05) is 25.5 Å². The summed E-state index contributed by atoms with van der Waals surface area (Å²) in [6.45, 7) is 5.12. The highest BCUT2D eigenvalue weighted by Gasteiger charge is 2.16. The van der Waals surface area contributed by atoms with Gasteiger partial charge in [0, 0.05) is 23.8 Å². The van der Waals surface area contributed by atoms with Gasteiger partial charge < -0.3 is 10.1 Å². The monoisotopic (exact) mass is 469 g/mol. The molecule has 0 atom stereocenters. The number of hydrogen-bond acceptors (Lipinski definition) is 4. The lowest BCUT2D eigenvalue weighted by Gasteiger charge is -2.15. The minimum absolute atomic E-state index is 0.00400. The van der Waals surface area contributed by atoms with Crippen LogP contribution in [-0.4, -0.2) is 36.0 Å². The Hall–Kier alpha value is -3.77. The molecule has 6 heteroatoms. The summed E-state index contributed by atoms with van der Waals surface area (Å²) in [5.41, 5.74) is 5.05. The van der Waals surface area contributed by atoms with E-state index < -0.39 is 11.7 Å². The summed E-state index contributed by atoms with van der Waals surface area (Å²) in [6, 6.07) is 18.0. The second kappa shape index (κ2) is 9.84. The summed E-state index contributed by atoms with van der Waals surface area (Å²) >= 11 is 0. The van der Waals surface area contributed by atoms with Crippen molar-refractivity contribution in [2.45, 2.75) is 26.3 Å². The first-order valence-corrected chi connectivity index (χ1v) is 11.9. The number of carbonyl (C=O) groups excluding carboxylic acids is 1. The predicted molar refractivity (Wildman–Crippen MR) is 137 cm³/mol. The number of aromatic nitrogens is 1. The zero-order valence-corrected chi connectivity index (χ0v) is 20.0. The zero-order chi connectivity index (χ0) is 24.4. The van der Waals surface area contributed by atoms with E-state index in [0.29, 0.717) is 11.3 Å². The number of methoxy groups -OCH3 is 1. The Kier molecular flexibility index (Phi) is 6.47. The molecule has 0 aliphatic carbocycles. The molecule has 5 rings (SSSR count). The first-order valence-electron chi connectivity index (χ1n) is 11.9. The Labute approximate surface area is 204 Å². The van der Waals surface area contributed by atoms with E-state index in [1.807, 2.05) is 49.5 Å². The molecule has 1 saturated heterocycles. The summed E-state index contributed by atoms with van der Waals surface area (Å²) < 4.78 is 20.1. The third-order valence-electron chi connectivity index (χ3n) is 6.57. The van der Waals surface area contributed by atoms with E-state index in [1.165, 1.54) is 30.5 Å². The average molecular weight is 470 g/mol. The van der Waals surface area contributed by atoms with Crippen LogP contribution in [0.3, 0.4) is 0 Å². The van der Waals surface area contributed by atoms with Crippen molar-refractivity contribution in [3.05, 3.63) is 89.4 Å². The molecule has 5 nitrogen and oxygen atoms in total. The number of rotatable bonds is 6. The lowest BCUT2D eigenvalue weighted by molar-refractivity contribution is 0.102. The van der Waals surface area contributed by atoms with Crippen molar-refractivity contribution in [3.8, 4) is 16.9 Å². The van der Waals surface area contributed by atoms with Gasteiger partial charge in [-0.15, -0.1) is 0 Å². The molecule has 3 aromatic carbocycles. The normalized spacial score (nSPS) is 13.8. The van der Waals surface area contributed by atoms with E-state index in [2.05, 4.69) is 21.3 Å².